The van der Waals surface area contributed by atoms with E-state index in [9.17, 15) is 0 Å². The van der Waals surface area contributed by atoms with Gasteiger partial charge in [-0.1, -0.05) is 12.8 Å². The van der Waals surface area contributed by atoms with Crippen LogP contribution in [0.5, 0.6) is 0 Å². The zero-order valence-corrected chi connectivity index (χ0v) is 10.8. The minimum atomic E-state index is 0.725. The molecule has 3 rings (SSSR count). The normalized spacial score (nSPS) is 34.4. The largest absolute Gasteiger partial charge is 0.316 e. The van der Waals surface area contributed by atoms with Crippen LogP contribution >= 0.6 is 11.3 Å². The van der Waals surface area contributed by atoms with Crippen molar-refractivity contribution in [3.8, 4) is 0 Å². The van der Waals surface area contributed by atoms with Crippen molar-refractivity contribution in [2.75, 3.05) is 7.05 Å². The van der Waals surface area contributed by atoms with Gasteiger partial charge in [0.25, 0.3) is 0 Å². The van der Waals surface area contributed by atoms with Gasteiger partial charge in [0.05, 0.1) is 0 Å². The van der Waals surface area contributed by atoms with Crippen LogP contribution in [-0.4, -0.2) is 13.1 Å². The maximum atomic E-state index is 3.56. The van der Waals surface area contributed by atoms with Crippen molar-refractivity contribution in [3.05, 3.63) is 22.4 Å². The summed E-state index contributed by atoms with van der Waals surface area (Å²) in [5.41, 5.74) is 1.52. The van der Waals surface area contributed by atoms with Gasteiger partial charge in [0, 0.05) is 6.04 Å². The Kier molecular flexibility index (Phi) is 3.03. The quantitative estimate of drug-likeness (QED) is 0.844. The second-order valence-corrected chi connectivity index (χ2v) is 6.20. The third kappa shape index (κ3) is 1.93. The Bertz CT molecular complexity index is 321. The third-order valence-electron chi connectivity index (χ3n) is 4.59. The van der Waals surface area contributed by atoms with E-state index in [2.05, 4.69) is 29.2 Å². The lowest BCUT2D eigenvalue weighted by atomic mass is 10.0. The molecule has 0 radical (unpaired) electrons. The first-order valence-corrected chi connectivity index (χ1v) is 7.53. The van der Waals surface area contributed by atoms with Crippen LogP contribution in [0.25, 0.3) is 0 Å². The number of hydrogen-bond donors (Lipinski definition) is 1. The Morgan fingerprint density at radius 2 is 2.12 bits per heavy atom. The van der Waals surface area contributed by atoms with E-state index in [1.54, 1.807) is 0 Å². The fourth-order valence-electron chi connectivity index (χ4n) is 3.74. The summed E-state index contributed by atoms with van der Waals surface area (Å²) in [6, 6.07) is 3.00. The van der Waals surface area contributed by atoms with E-state index in [1.807, 2.05) is 11.3 Å². The lowest BCUT2D eigenvalue weighted by Crippen LogP contribution is -2.30. The highest BCUT2D eigenvalue weighted by Crippen LogP contribution is 2.57. The molecular formula is C14H21NS. The average Bonchev–Trinajstić information content (AvgIpc) is 2.81. The van der Waals surface area contributed by atoms with Crippen LogP contribution in [0.3, 0.4) is 0 Å². The zero-order valence-electron chi connectivity index (χ0n) is 9.99. The first-order valence-electron chi connectivity index (χ1n) is 6.58. The third-order valence-corrected chi connectivity index (χ3v) is 5.33. The summed E-state index contributed by atoms with van der Waals surface area (Å²) in [5, 5.41) is 8.06. The maximum Gasteiger partial charge on any atom is 0.0138 e. The standard InChI is InChI=1S/C14H21NS/c1-15-13(8-10-6-7-16-9-10)14-11-4-2-3-5-12(11)14/h6-7,9,11-15H,2-5,8H2,1H3. The Balaban J connectivity index is 1.63. The fraction of sp³-hybridized carbons (Fsp3) is 0.714. The lowest BCUT2D eigenvalue weighted by Gasteiger charge is -2.15. The predicted octanol–water partition coefficient (Wildman–Crippen LogP) is 3.31. The maximum absolute atomic E-state index is 3.56. The first kappa shape index (κ1) is 10.8. The van der Waals surface area contributed by atoms with Gasteiger partial charge in [0.2, 0.25) is 0 Å². The number of hydrogen-bond acceptors (Lipinski definition) is 2. The van der Waals surface area contributed by atoms with E-state index in [4.69, 9.17) is 0 Å². The number of thiophene rings is 1. The molecule has 1 aromatic rings. The summed E-state index contributed by atoms with van der Waals surface area (Å²) in [5.74, 6) is 3.10. The molecule has 3 atom stereocenters. The summed E-state index contributed by atoms with van der Waals surface area (Å²) in [6.45, 7) is 0. The molecule has 0 saturated heterocycles. The van der Waals surface area contributed by atoms with Crippen LogP contribution < -0.4 is 5.32 Å². The highest BCUT2D eigenvalue weighted by Gasteiger charge is 2.53. The van der Waals surface area contributed by atoms with Gasteiger partial charge < -0.3 is 5.32 Å². The molecule has 2 heteroatoms. The molecule has 3 unspecified atom stereocenters. The van der Waals surface area contributed by atoms with Crippen molar-refractivity contribution in [2.45, 2.75) is 38.1 Å². The van der Waals surface area contributed by atoms with Crippen molar-refractivity contribution in [1.82, 2.24) is 5.32 Å². The molecule has 1 heterocycles. The summed E-state index contributed by atoms with van der Waals surface area (Å²) >= 11 is 1.82. The van der Waals surface area contributed by atoms with Gasteiger partial charge in [-0.2, -0.15) is 11.3 Å². The molecule has 1 N–H and O–H groups in total. The second kappa shape index (κ2) is 4.50. The molecule has 2 fully saturated rings. The Morgan fingerprint density at radius 3 is 2.69 bits per heavy atom. The highest BCUT2D eigenvalue weighted by atomic mass is 32.1. The van der Waals surface area contributed by atoms with Gasteiger partial charge >= 0.3 is 0 Å². The van der Waals surface area contributed by atoms with E-state index in [-0.39, 0.29) is 0 Å². The van der Waals surface area contributed by atoms with E-state index in [0.717, 1.165) is 23.8 Å². The van der Waals surface area contributed by atoms with Crippen molar-refractivity contribution in [3.63, 3.8) is 0 Å². The SMILES string of the molecule is CNC(Cc1ccsc1)C1C2CCCCC21. The summed E-state index contributed by atoms with van der Waals surface area (Å²) in [7, 11) is 2.14. The predicted molar refractivity (Wildman–Crippen MR) is 69.8 cm³/mol. The molecular weight excluding hydrogens is 214 g/mol. The van der Waals surface area contributed by atoms with Crippen molar-refractivity contribution in [2.24, 2.45) is 17.8 Å². The molecule has 0 spiro atoms. The molecule has 0 amide bonds. The van der Waals surface area contributed by atoms with Crippen LogP contribution in [0.2, 0.25) is 0 Å². The number of nitrogens with one attached hydrogen (secondary N) is 1. The lowest BCUT2D eigenvalue weighted by molar-refractivity contribution is 0.460. The summed E-state index contributed by atoms with van der Waals surface area (Å²) < 4.78 is 0. The number of likely N-dealkylation sites (N-methyl/N-ethyl adjacent to an activating group) is 1. The molecule has 0 bridgehead atoms. The van der Waals surface area contributed by atoms with Crippen molar-refractivity contribution >= 4 is 11.3 Å². The van der Waals surface area contributed by atoms with Gasteiger partial charge in [0.15, 0.2) is 0 Å². The van der Waals surface area contributed by atoms with Crippen molar-refractivity contribution < 1.29 is 0 Å². The molecule has 88 valence electrons. The van der Waals surface area contributed by atoms with Crippen LogP contribution in [0.4, 0.5) is 0 Å². The van der Waals surface area contributed by atoms with Crippen molar-refractivity contribution in [1.29, 1.82) is 0 Å². The van der Waals surface area contributed by atoms with Gasteiger partial charge in [-0.25, -0.2) is 0 Å². The molecule has 16 heavy (non-hydrogen) atoms. The Labute approximate surface area is 102 Å². The molecule has 2 aliphatic carbocycles. The monoisotopic (exact) mass is 235 g/mol. The Morgan fingerprint density at radius 1 is 1.38 bits per heavy atom. The molecule has 1 aromatic heterocycles. The van der Waals surface area contributed by atoms with E-state index in [0.29, 0.717) is 0 Å². The second-order valence-electron chi connectivity index (χ2n) is 5.42. The van der Waals surface area contributed by atoms with E-state index < -0.39 is 0 Å². The van der Waals surface area contributed by atoms with Crippen LogP contribution in [0.15, 0.2) is 16.8 Å². The minimum absolute atomic E-state index is 0.725. The topological polar surface area (TPSA) is 12.0 Å². The molecule has 2 saturated carbocycles. The van der Waals surface area contributed by atoms with Crippen LogP contribution in [0, 0.1) is 17.8 Å². The average molecular weight is 235 g/mol. The fourth-order valence-corrected chi connectivity index (χ4v) is 4.42. The molecule has 0 aliphatic heterocycles. The van der Waals surface area contributed by atoms with Gasteiger partial charge in [-0.15, -0.1) is 0 Å². The smallest absolute Gasteiger partial charge is 0.0138 e. The Hall–Kier alpha value is -0.340. The molecule has 0 aromatic carbocycles. The minimum Gasteiger partial charge on any atom is -0.316 e. The van der Waals surface area contributed by atoms with Crippen LogP contribution in [0.1, 0.15) is 31.2 Å². The first-order chi connectivity index (χ1) is 7.90. The van der Waals surface area contributed by atoms with Crippen LogP contribution in [-0.2, 0) is 6.42 Å². The summed E-state index contributed by atoms with van der Waals surface area (Å²) in [6.07, 6.45) is 7.19. The number of rotatable bonds is 4. The molecule has 2 aliphatic rings. The molecule has 1 nitrogen and oxygen atoms in total. The van der Waals surface area contributed by atoms with E-state index >= 15 is 0 Å². The highest BCUT2D eigenvalue weighted by molar-refractivity contribution is 7.07. The van der Waals surface area contributed by atoms with Gasteiger partial charge in [-0.3, -0.25) is 0 Å². The zero-order chi connectivity index (χ0) is 11.0. The van der Waals surface area contributed by atoms with E-state index in [1.165, 1.54) is 37.7 Å². The van der Waals surface area contributed by atoms with Gasteiger partial charge in [0.1, 0.15) is 0 Å². The number of fused-ring (bicyclic) bond motifs is 1. The summed E-state index contributed by atoms with van der Waals surface area (Å²) in [4.78, 5) is 0. The van der Waals surface area contributed by atoms with Gasteiger partial charge in [-0.05, 0) is 66.5 Å².